The Morgan fingerprint density at radius 3 is 2.54 bits per heavy atom. The molecule has 1 amide bonds. The molecule has 26 heavy (non-hydrogen) atoms. The molecule has 1 aromatic carbocycles. The number of carbonyl (C=O) groups excluding carboxylic acids is 1. The summed E-state index contributed by atoms with van der Waals surface area (Å²) >= 11 is 2.93. The average molecular weight is 392 g/mol. The average Bonchev–Trinajstić information content (AvgIpc) is 2.57. The fourth-order valence-electron chi connectivity index (χ4n) is 2.22. The fourth-order valence-corrected chi connectivity index (χ4v) is 3.47. The Labute approximate surface area is 162 Å². The van der Waals surface area contributed by atoms with Crippen molar-refractivity contribution in [3.8, 4) is 0 Å². The minimum atomic E-state index is -0.188. The van der Waals surface area contributed by atoms with E-state index in [1.807, 2.05) is 24.3 Å². The van der Waals surface area contributed by atoms with E-state index in [4.69, 9.17) is 0 Å². The van der Waals surface area contributed by atoms with Gasteiger partial charge in [0.2, 0.25) is 5.91 Å². The van der Waals surface area contributed by atoms with Gasteiger partial charge in [0.15, 0.2) is 5.16 Å². The second kappa shape index (κ2) is 9.28. The number of rotatable bonds is 7. The van der Waals surface area contributed by atoms with Crippen molar-refractivity contribution in [3.05, 3.63) is 51.9 Å². The maximum atomic E-state index is 12.2. The Hall–Kier alpha value is -1.73. The van der Waals surface area contributed by atoms with Gasteiger partial charge in [-0.05, 0) is 28.9 Å². The highest BCUT2D eigenvalue weighted by molar-refractivity contribution is 7.99. The van der Waals surface area contributed by atoms with Gasteiger partial charge in [0, 0.05) is 17.5 Å². The van der Waals surface area contributed by atoms with E-state index in [0.29, 0.717) is 10.9 Å². The quantitative estimate of drug-likeness (QED) is 0.550. The molecule has 5 nitrogen and oxygen atoms in total. The van der Waals surface area contributed by atoms with E-state index in [9.17, 15) is 9.59 Å². The van der Waals surface area contributed by atoms with Gasteiger partial charge in [0.1, 0.15) is 0 Å². The zero-order valence-corrected chi connectivity index (χ0v) is 17.2. The van der Waals surface area contributed by atoms with Gasteiger partial charge in [-0.3, -0.25) is 9.59 Å². The lowest BCUT2D eigenvalue weighted by Crippen LogP contribution is -2.16. The first-order valence-corrected chi connectivity index (χ1v) is 10.6. The highest BCUT2D eigenvalue weighted by atomic mass is 32.2. The van der Waals surface area contributed by atoms with Crippen LogP contribution in [0.2, 0.25) is 0 Å². The van der Waals surface area contributed by atoms with Crippen molar-refractivity contribution >= 4 is 35.1 Å². The van der Waals surface area contributed by atoms with Crippen LogP contribution in [-0.2, 0) is 16.0 Å². The van der Waals surface area contributed by atoms with Gasteiger partial charge in [-0.2, -0.15) is 11.8 Å². The molecule has 7 heteroatoms. The molecule has 0 aliphatic carbocycles. The molecule has 0 saturated heterocycles. The van der Waals surface area contributed by atoms with Gasteiger partial charge in [0.25, 0.3) is 5.56 Å². The number of thioether (sulfide) groups is 2. The lowest BCUT2D eigenvalue weighted by molar-refractivity contribution is -0.113. The third-order valence-corrected chi connectivity index (χ3v) is 5.38. The van der Waals surface area contributed by atoms with Crippen LogP contribution in [0.3, 0.4) is 0 Å². The molecular formula is C19H25N3O2S2. The van der Waals surface area contributed by atoms with Crippen LogP contribution >= 0.6 is 23.5 Å². The predicted molar refractivity (Wildman–Crippen MR) is 111 cm³/mol. The summed E-state index contributed by atoms with van der Waals surface area (Å²) < 4.78 is 0. The molecule has 2 rings (SSSR count). The summed E-state index contributed by atoms with van der Waals surface area (Å²) in [5.74, 6) is 1.72. The number of nitrogens with zero attached hydrogens (tertiary/aromatic N) is 1. The monoisotopic (exact) mass is 391 g/mol. The molecule has 140 valence electrons. The van der Waals surface area contributed by atoms with Crippen LogP contribution in [0, 0.1) is 0 Å². The van der Waals surface area contributed by atoms with E-state index in [-0.39, 0.29) is 22.6 Å². The third-order valence-electron chi connectivity index (χ3n) is 3.60. The fraction of sp³-hybridized carbons (Fsp3) is 0.421. The number of nitrogens with one attached hydrogen (secondary N) is 2. The van der Waals surface area contributed by atoms with Crippen molar-refractivity contribution in [3.63, 3.8) is 0 Å². The molecule has 0 bridgehead atoms. The van der Waals surface area contributed by atoms with Crippen molar-refractivity contribution in [1.29, 1.82) is 0 Å². The summed E-state index contributed by atoms with van der Waals surface area (Å²) in [4.78, 5) is 30.9. The SMILES string of the molecule is CCSCc1cc(=O)[nH]c(SCC(=O)Nc2ccc(C(C)(C)C)cc2)n1. The van der Waals surface area contributed by atoms with Crippen molar-refractivity contribution in [2.45, 2.75) is 44.0 Å². The maximum absolute atomic E-state index is 12.2. The van der Waals surface area contributed by atoms with Gasteiger partial charge in [-0.25, -0.2) is 4.98 Å². The topological polar surface area (TPSA) is 74.8 Å². The van der Waals surface area contributed by atoms with Crippen LogP contribution in [-0.4, -0.2) is 27.4 Å². The van der Waals surface area contributed by atoms with E-state index in [1.54, 1.807) is 11.8 Å². The van der Waals surface area contributed by atoms with Gasteiger partial charge in [0.05, 0.1) is 11.4 Å². The third kappa shape index (κ3) is 6.53. The Kier molecular flexibility index (Phi) is 7.34. The Morgan fingerprint density at radius 1 is 1.23 bits per heavy atom. The second-order valence-electron chi connectivity index (χ2n) is 6.84. The van der Waals surface area contributed by atoms with Crippen LogP contribution in [0.1, 0.15) is 39.0 Å². The molecular weight excluding hydrogens is 366 g/mol. The van der Waals surface area contributed by atoms with E-state index in [1.165, 1.54) is 23.4 Å². The maximum Gasteiger partial charge on any atom is 0.251 e. The summed E-state index contributed by atoms with van der Waals surface area (Å²) in [7, 11) is 0. The van der Waals surface area contributed by atoms with Crippen molar-refractivity contribution < 1.29 is 4.79 Å². The number of carbonyl (C=O) groups is 1. The number of aromatic nitrogens is 2. The molecule has 0 aliphatic heterocycles. The number of aromatic amines is 1. The zero-order chi connectivity index (χ0) is 19.2. The number of benzene rings is 1. The van der Waals surface area contributed by atoms with Crippen LogP contribution in [0.25, 0.3) is 0 Å². The van der Waals surface area contributed by atoms with Crippen molar-refractivity contribution in [1.82, 2.24) is 9.97 Å². The van der Waals surface area contributed by atoms with Crippen LogP contribution in [0.5, 0.6) is 0 Å². The van der Waals surface area contributed by atoms with Crippen LogP contribution in [0.15, 0.2) is 40.3 Å². The Bertz CT molecular complexity index is 796. The highest BCUT2D eigenvalue weighted by Gasteiger charge is 2.13. The van der Waals surface area contributed by atoms with Gasteiger partial charge < -0.3 is 10.3 Å². The predicted octanol–water partition coefficient (Wildman–Crippen LogP) is 4.05. The first kappa shape index (κ1) is 20.6. The first-order valence-electron chi connectivity index (χ1n) is 8.49. The van der Waals surface area contributed by atoms with E-state index >= 15 is 0 Å². The van der Waals surface area contributed by atoms with Crippen molar-refractivity contribution in [2.24, 2.45) is 0 Å². The molecule has 0 aliphatic rings. The molecule has 0 fully saturated rings. The highest BCUT2D eigenvalue weighted by Crippen LogP contribution is 2.23. The number of H-pyrrole nitrogens is 1. The van der Waals surface area contributed by atoms with Crippen LogP contribution < -0.4 is 10.9 Å². The normalized spacial score (nSPS) is 11.4. The molecule has 1 heterocycles. The summed E-state index contributed by atoms with van der Waals surface area (Å²) in [5.41, 5.74) is 2.61. The molecule has 2 aromatic rings. The molecule has 1 aromatic heterocycles. The minimum absolute atomic E-state index is 0.0804. The minimum Gasteiger partial charge on any atom is -0.325 e. The largest absolute Gasteiger partial charge is 0.325 e. The van der Waals surface area contributed by atoms with Crippen LogP contribution in [0.4, 0.5) is 5.69 Å². The summed E-state index contributed by atoms with van der Waals surface area (Å²) in [6.45, 7) is 8.51. The molecule has 0 atom stereocenters. The number of hydrogen-bond acceptors (Lipinski definition) is 5. The summed E-state index contributed by atoms with van der Waals surface area (Å²) in [6, 6.07) is 9.37. The first-order chi connectivity index (χ1) is 12.3. The number of amides is 1. The van der Waals surface area contributed by atoms with E-state index in [0.717, 1.165) is 17.1 Å². The van der Waals surface area contributed by atoms with Crippen molar-refractivity contribution in [2.75, 3.05) is 16.8 Å². The Morgan fingerprint density at radius 2 is 1.92 bits per heavy atom. The van der Waals surface area contributed by atoms with Gasteiger partial charge in [-0.15, -0.1) is 0 Å². The lowest BCUT2D eigenvalue weighted by atomic mass is 9.87. The molecule has 0 saturated carbocycles. The summed E-state index contributed by atoms with van der Waals surface area (Å²) in [5, 5.41) is 3.35. The molecule has 0 radical (unpaired) electrons. The number of hydrogen-bond donors (Lipinski definition) is 2. The zero-order valence-electron chi connectivity index (χ0n) is 15.6. The molecule has 0 unspecified atom stereocenters. The smallest absolute Gasteiger partial charge is 0.251 e. The van der Waals surface area contributed by atoms with E-state index < -0.39 is 0 Å². The lowest BCUT2D eigenvalue weighted by Gasteiger charge is -2.19. The second-order valence-corrected chi connectivity index (χ2v) is 9.08. The number of anilines is 1. The molecule has 0 spiro atoms. The Balaban J connectivity index is 1.92. The standard InChI is InChI=1S/C19H25N3O2S2/c1-5-25-11-15-10-16(23)22-18(21-15)26-12-17(24)20-14-8-6-13(7-9-14)19(2,3)4/h6-10H,5,11-12H2,1-4H3,(H,20,24)(H,21,22,23). The van der Waals surface area contributed by atoms with Gasteiger partial charge in [-0.1, -0.05) is 51.6 Å². The molecule has 2 N–H and O–H groups in total. The van der Waals surface area contributed by atoms with Gasteiger partial charge >= 0.3 is 0 Å². The summed E-state index contributed by atoms with van der Waals surface area (Å²) in [6.07, 6.45) is 0. The van der Waals surface area contributed by atoms with E-state index in [2.05, 4.69) is 43.0 Å².